The Morgan fingerprint density at radius 2 is 0.604 bits per heavy atom. The van der Waals surface area contributed by atoms with Gasteiger partial charge in [0.1, 0.15) is 0 Å². The second-order valence-electron chi connectivity index (χ2n) is 49.8. The number of nitrogens with zero attached hydrogens (tertiary/aromatic N) is 17. The Balaban J connectivity index is 0. The van der Waals surface area contributed by atoms with E-state index in [1.807, 2.05) is 11.9 Å². The zero-order valence-electron chi connectivity index (χ0n) is 97.7. The van der Waals surface area contributed by atoms with Gasteiger partial charge in [-0.15, -0.1) is 0 Å². The van der Waals surface area contributed by atoms with Gasteiger partial charge in [-0.05, 0) is 395 Å². The van der Waals surface area contributed by atoms with Crippen LogP contribution in [0, 0.1) is 11.8 Å². The fourth-order valence-corrected chi connectivity index (χ4v) is 21.3. The fraction of sp³-hybridized carbons (Fsp3) is 0.991. The first-order valence-corrected chi connectivity index (χ1v) is 54.7. The molecule has 0 N–H and O–H groups in total. The average molecular weight is 1910 g/mol. The Morgan fingerprint density at radius 1 is 0.284 bits per heavy atom. The molecule has 0 radical (unpaired) electrons. The van der Waals surface area contributed by atoms with Crippen LogP contribution in [0.15, 0.2) is 0 Å². The maximum absolute atomic E-state index is 11.5. The number of carbonyl (C=O) groups excluding carboxylic acids is 1. The Hall–Kier alpha value is -1.29. The van der Waals surface area contributed by atoms with Gasteiger partial charge in [0.15, 0.2) is 0 Å². The highest BCUT2D eigenvalue weighted by molar-refractivity contribution is 5.79. The van der Waals surface area contributed by atoms with Gasteiger partial charge in [0.2, 0.25) is 5.91 Å². The van der Waals surface area contributed by atoms with Crippen LogP contribution in [0.25, 0.3) is 0 Å². The molecule has 21 heteroatoms. The summed E-state index contributed by atoms with van der Waals surface area (Å²) >= 11 is 0. The Kier molecular flexibility index (Phi) is 66.3. The van der Waals surface area contributed by atoms with E-state index in [4.69, 9.17) is 14.2 Å². The van der Waals surface area contributed by atoms with Gasteiger partial charge in [-0.25, -0.2) is 0 Å². The SMILES string of the molecule is C.C.CC(C)N1CC(=O)N(C)CC1(C)C.CC(C)N1CCCCC1(C)C.CC(C)N1CCCCC1(C)C.CC(C)N1CCC[C@@H](C)C1.CC(C)N1CCC[C@H](C)C1.CC(C)N1CCN(C)C(C)(C)C1.CC(C)N1CCN(C)CC1(C)C.CC(C)N1CCN(C)[C@@H](C)C1.CC(C)N1CCN(C)[C@H](C)C1.CC(C)N1CCOC(C)(C)C1.CC(C)N1CCO[C@@H](C)C1.CC(C)N1CCO[C@H](C)C1. The van der Waals surface area contributed by atoms with Crippen molar-refractivity contribution in [1.82, 2.24) is 83.3 Å². The van der Waals surface area contributed by atoms with E-state index < -0.39 is 0 Å². The lowest BCUT2D eigenvalue weighted by Gasteiger charge is -2.48. The van der Waals surface area contributed by atoms with Crippen LogP contribution < -0.4 is 0 Å². The maximum atomic E-state index is 11.5. The van der Waals surface area contributed by atoms with Crippen LogP contribution in [-0.4, -0.2) is 445 Å². The van der Waals surface area contributed by atoms with E-state index in [1.165, 1.54) is 182 Å². The first kappa shape index (κ1) is 135. The van der Waals surface area contributed by atoms with Crippen LogP contribution in [-0.2, 0) is 19.0 Å². The molecule has 0 aromatic carbocycles. The predicted molar refractivity (Wildman–Crippen MR) is 592 cm³/mol. The number of piperazine rings is 5. The minimum absolute atomic E-state index is 0. The summed E-state index contributed by atoms with van der Waals surface area (Å²) in [6, 6.07) is 9.62. The number of likely N-dealkylation sites (tertiary alicyclic amines) is 4. The van der Waals surface area contributed by atoms with Crippen LogP contribution in [0.4, 0.5) is 0 Å². The molecule has 134 heavy (non-hydrogen) atoms. The number of amides is 1. The molecule has 0 aromatic rings. The van der Waals surface area contributed by atoms with Crippen molar-refractivity contribution in [3.05, 3.63) is 0 Å². The second kappa shape index (κ2) is 66.0. The predicted octanol–water partition coefficient (Wildman–Crippen LogP) is 20.4. The lowest BCUT2D eigenvalue weighted by atomic mass is 9.89. The first-order chi connectivity index (χ1) is 60.8. The molecule has 21 nitrogen and oxygen atoms in total. The molecule has 12 aliphatic rings. The van der Waals surface area contributed by atoms with E-state index in [-0.39, 0.29) is 31.9 Å². The largest absolute Gasteiger partial charge is 0.376 e. The maximum Gasteiger partial charge on any atom is 0.236 e. The summed E-state index contributed by atoms with van der Waals surface area (Å²) in [4.78, 5) is 53.3. The van der Waals surface area contributed by atoms with Gasteiger partial charge in [-0.1, -0.05) is 41.5 Å². The lowest BCUT2D eigenvalue weighted by Crippen LogP contribution is -2.62. The van der Waals surface area contributed by atoms with Crippen molar-refractivity contribution >= 4 is 5.91 Å². The Morgan fingerprint density at radius 3 is 0.881 bits per heavy atom. The fourth-order valence-electron chi connectivity index (χ4n) is 21.3. The molecule has 0 saturated carbocycles. The van der Waals surface area contributed by atoms with Crippen molar-refractivity contribution in [2.45, 2.75) is 500 Å². The summed E-state index contributed by atoms with van der Waals surface area (Å²) in [7, 11) is 10.7. The molecule has 0 aromatic heterocycles. The lowest BCUT2D eigenvalue weighted by molar-refractivity contribution is -0.141. The molecule has 0 unspecified atom stereocenters. The second-order valence-corrected chi connectivity index (χ2v) is 49.8. The minimum Gasteiger partial charge on any atom is -0.376 e. The number of hydrogen-bond acceptors (Lipinski definition) is 20. The van der Waals surface area contributed by atoms with E-state index in [0.29, 0.717) is 101 Å². The van der Waals surface area contributed by atoms with Gasteiger partial charge in [0.05, 0.1) is 44.2 Å². The van der Waals surface area contributed by atoms with E-state index in [0.717, 1.165) is 102 Å². The highest BCUT2D eigenvalue weighted by Crippen LogP contribution is 2.32. The van der Waals surface area contributed by atoms with Crippen molar-refractivity contribution in [3.8, 4) is 0 Å². The monoisotopic (exact) mass is 1900 g/mol. The number of rotatable bonds is 12. The van der Waals surface area contributed by atoms with Crippen LogP contribution in [0.1, 0.15) is 370 Å². The molecule has 12 fully saturated rings. The third kappa shape index (κ3) is 53.0. The summed E-state index contributed by atoms with van der Waals surface area (Å²) < 4.78 is 16.4. The zero-order valence-corrected chi connectivity index (χ0v) is 97.7. The molecule has 0 aliphatic carbocycles. The zero-order chi connectivity index (χ0) is 101. The quantitative estimate of drug-likeness (QED) is 0.185. The van der Waals surface area contributed by atoms with Crippen LogP contribution in [0.3, 0.4) is 0 Å². The molecular formula is C113H245N17O4. The summed E-state index contributed by atoms with van der Waals surface area (Å²) in [5.74, 6) is 2.08. The third-order valence-electron chi connectivity index (χ3n) is 30.8. The van der Waals surface area contributed by atoms with Gasteiger partial charge in [0.25, 0.3) is 0 Å². The van der Waals surface area contributed by atoms with Crippen molar-refractivity contribution in [2.75, 3.05) is 225 Å². The number of ether oxygens (including phenoxy) is 3. The average Bonchev–Trinajstić information content (AvgIpc) is 0.798. The van der Waals surface area contributed by atoms with Crippen molar-refractivity contribution in [2.24, 2.45) is 11.8 Å². The molecule has 12 heterocycles. The molecule has 12 aliphatic heterocycles. The minimum atomic E-state index is 0. The van der Waals surface area contributed by atoms with Crippen molar-refractivity contribution < 1.29 is 19.0 Å². The molecule has 1 amide bonds. The van der Waals surface area contributed by atoms with Gasteiger partial charge in [0, 0.05) is 257 Å². The number of hydrogen-bond donors (Lipinski definition) is 0. The topological polar surface area (TPSA) is 99.8 Å². The van der Waals surface area contributed by atoms with Gasteiger partial charge >= 0.3 is 0 Å². The molecular weight excluding hydrogens is 1660 g/mol. The standard InChI is InChI=1S/C10H20N2O.2C10H22N2.2C10H21N.2C9H20N2.C9H19NO.2C9H19N.2C8H17NO.2CH4/c1-8(2)12-6-9(13)11(5)7-10(12,3)4;1-9(2)12-7-6-11(5)10(3,4)8-12;1-9(2)12-7-6-11(5)8-10(12,3)4;2*1-9(2)11-8-6-5-7-10(11,3)4;2*1-8(2)11-6-5-10(4)9(3)7-11;1-8(2)10-5-6-11-9(3,4)7-10;2*1-8(2)10-6-4-5-9(3)7-10;2*1-7(2)9-4-5-10-8(3)6-9;;/h8H,6-7H2,1-5H3;2*9H,6-8H2,1-5H3;2*9H,5-8H2,1-4H3;2*8-9H,5-7H2,1-4H3;8H,5-7H2,1-4H3;2*8-9H,4-7H2,1-3H3;2*7-8H,4-6H2,1-3H3;2*1H4/t;;;;;2*9-;;2*9-;2*8-;;/m.....10.1010../s1. The number of piperidine rings is 4. The first-order valence-electron chi connectivity index (χ1n) is 54.7. The molecule has 12 saturated heterocycles. The van der Waals surface area contributed by atoms with E-state index in [1.54, 1.807) is 0 Å². The summed E-state index contributed by atoms with van der Waals surface area (Å²) in [6.45, 7) is 128. The molecule has 806 valence electrons. The Bertz CT molecular complexity index is 2740. The number of carbonyl (C=O) groups is 1. The van der Waals surface area contributed by atoms with Crippen LogP contribution >= 0.6 is 0 Å². The molecule has 0 spiro atoms. The highest BCUT2D eigenvalue weighted by atomic mass is 16.5. The normalized spacial score (nSPS) is 27.1. The van der Waals surface area contributed by atoms with Gasteiger partial charge in [-0.2, -0.15) is 0 Å². The van der Waals surface area contributed by atoms with E-state index >= 15 is 0 Å². The number of likely N-dealkylation sites (N-methyl/N-ethyl adjacent to an activating group) is 5. The van der Waals surface area contributed by atoms with Gasteiger partial charge < -0.3 is 43.6 Å². The summed E-state index contributed by atoms with van der Waals surface area (Å²) in [5.41, 5.74) is 1.77. The molecule has 6 atom stereocenters. The van der Waals surface area contributed by atoms with Gasteiger partial charge in [-0.3, -0.25) is 58.7 Å². The highest BCUT2D eigenvalue weighted by Gasteiger charge is 2.40. The van der Waals surface area contributed by atoms with E-state index in [2.05, 4.69) is 397 Å². The smallest absolute Gasteiger partial charge is 0.236 e. The molecule has 0 bridgehead atoms. The third-order valence-corrected chi connectivity index (χ3v) is 30.8. The van der Waals surface area contributed by atoms with E-state index in [9.17, 15) is 4.79 Å². The Labute approximate surface area is 840 Å². The summed E-state index contributed by atoms with van der Waals surface area (Å²) in [6.07, 6.45) is 14.9. The molecule has 12 rings (SSSR count). The number of morpholine rings is 3. The van der Waals surface area contributed by atoms with Crippen molar-refractivity contribution in [1.29, 1.82) is 0 Å². The van der Waals surface area contributed by atoms with Crippen LogP contribution in [0.5, 0.6) is 0 Å². The summed E-state index contributed by atoms with van der Waals surface area (Å²) in [5, 5.41) is 0. The van der Waals surface area contributed by atoms with Crippen LogP contribution in [0.2, 0.25) is 0 Å². The van der Waals surface area contributed by atoms with Crippen molar-refractivity contribution in [3.63, 3.8) is 0 Å².